The van der Waals surface area contributed by atoms with E-state index in [4.69, 9.17) is 9.47 Å². The fraction of sp³-hybridized carbons (Fsp3) is 0.278. The van der Waals surface area contributed by atoms with E-state index in [2.05, 4.69) is 0 Å². The van der Waals surface area contributed by atoms with Crippen molar-refractivity contribution in [2.24, 2.45) is 0 Å². The molecule has 7 nitrogen and oxygen atoms in total. The van der Waals surface area contributed by atoms with E-state index < -0.39 is 10.0 Å². The number of benzene rings is 2. The maximum atomic E-state index is 12.6. The minimum Gasteiger partial charge on any atom is -0.493 e. The van der Waals surface area contributed by atoms with Gasteiger partial charge in [0.2, 0.25) is 15.9 Å². The van der Waals surface area contributed by atoms with Gasteiger partial charge in [-0.15, -0.1) is 0 Å². The number of nitrogens with zero attached hydrogens (tertiary/aromatic N) is 2. The van der Waals surface area contributed by atoms with Gasteiger partial charge in [0.25, 0.3) is 0 Å². The van der Waals surface area contributed by atoms with Gasteiger partial charge in [-0.3, -0.25) is 9.10 Å². The maximum absolute atomic E-state index is 12.6. The molecule has 0 N–H and O–H groups in total. The molecule has 0 saturated carbocycles. The fourth-order valence-corrected chi connectivity index (χ4v) is 3.25. The number of amides is 1. The molecule has 0 saturated heterocycles. The molecular formula is C18H22N2O5S. The van der Waals surface area contributed by atoms with Crippen LogP contribution in [0.3, 0.4) is 0 Å². The first-order valence-corrected chi connectivity index (χ1v) is 9.64. The van der Waals surface area contributed by atoms with Crippen LogP contribution in [-0.4, -0.2) is 48.4 Å². The van der Waals surface area contributed by atoms with Gasteiger partial charge in [-0.2, -0.15) is 0 Å². The summed E-state index contributed by atoms with van der Waals surface area (Å²) in [6.07, 6.45) is 1.06. The number of hydrogen-bond donors (Lipinski definition) is 0. The van der Waals surface area contributed by atoms with Crippen molar-refractivity contribution in [1.82, 2.24) is 0 Å². The summed E-state index contributed by atoms with van der Waals surface area (Å²) in [4.78, 5) is 14.0. The van der Waals surface area contributed by atoms with Gasteiger partial charge in [0.15, 0.2) is 11.5 Å². The van der Waals surface area contributed by atoms with Crippen LogP contribution in [0.15, 0.2) is 48.5 Å². The largest absolute Gasteiger partial charge is 0.493 e. The summed E-state index contributed by atoms with van der Waals surface area (Å²) in [5.41, 5.74) is 0.998. The van der Waals surface area contributed by atoms with E-state index in [-0.39, 0.29) is 12.5 Å². The van der Waals surface area contributed by atoms with Gasteiger partial charge >= 0.3 is 0 Å². The average molecular weight is 378 g/mol. The molecule has 0 unspecified atom stereocenters. The van der Waals surface area contributed by atoms with E-state index in [9.17, 15) is 13.2 Å². The second kappa shape index (κ2) is 8.09. The molecule has 0 aliphatic rings. The summed E-state index contributed by atoms with van der Waals surface area (Å²) < 4.78 is 36.0. The molecule has 2 aromatic carbocycles. The van der Waals surface area contributed by atoms with Crippen molar-refractivity contribution in [3.63, 3.8) is 0 Å². The molecule has 0 fully saturated rings. The lowest BCUT2D eigenvalue weighted by Crippen LogP contribution is -2.41. The Hall–Kier alpha value is -2.74. The molecule has 2 rings (SSSR count). The van der Waals surface area contributed by atoms with Crippen molar-refractivity contribution < 1.29 is 22.7 Å². The average Bonchev–Trinajstić information content (AvgIpc) is 2.64. The lowest BCUT2D eigenvalue weighted by Gasteiger charge is -2.25. The standard InChI is InChI=1S/C18H22N2O5S/c1-19(14-8-6-5-7-9-14)18(21)13-20(26(4,22)23)15-10-11-16(24-2)17(12-15)25-3/h5-12H,13H2,1-4H3. The molecule has 2 aromatic rings. The predicted octanol–water partition coefficient (Wildman–Crippen LogP) is 2.13. The van der Waals surface area contributed by atoms with Crippen LogP contribution in [-0.2, 0) is 14.8 Å². The summed E-state index contributed by atoms with van der Waals surface area (Å²) >= 11 is 0. The lowest BCUT2D eigenvalue weighted by atomic mass is 10.2. The third-order valence-corrected chi connectivity index (χ3v) is 4.99. The molecule has 0 spiro atoms. The van der Waals surface area contributed by atoms with E-state index >= 15 is 0 Å². The van der Waals surface area contributed by atoms with E-state index in [1.807, 2.05) is 18.2 Å². The summed E-state index contributed by atoms with van der Waals surface area (Å²) in [5.74, 6) is 0.483. The Morgan fingerprint density at radius 3 is 2.12 bits per heavy atom. The van der Waals surface area contributed by atoms with Gasteiger partial charge in [0.1, 0.15) is 6.54 Å². The normalized spacial score (nSPS) is 10.9. The van der Waals surface area contributed by atoms with Gasteiger partial charge in [-0.05, 0) is 24.3 Å². The molecule has 0 heterocycles. The minimum atomic E-state index is -3.68. The van der Waals surface area contributed by atoms with Gasteiger partial charge < -0.3 is 14.4 Å². The van der Waals surface area contributed by atoms with Crippen LogP contribution >= 0.6 is 0 Å². The third kappa shape index (κ3) is 4.45. The zero-order chi connectivity index (χ0) is 19.3. The molecule has 26 heavy (non-hydrogen) atoms. The quantitative estimate of drug-likeness (QED) is 0.738. The van der Waals surface area contributed by atoms with Gasteiger partial charge in [0, 0.05) is 18.8 Å². The summed E-state index contributed by atoms with van der Waals surface area (Å²) in [6.45, 7) is -0.334. The van der Waals surface area contributed by atoms with Crippen LogP contribution in [0.1, 0.15) is 0 Å². The summed E-state index contributed by atoms with van der Waals surface area (Å²) in [7, 11) is 0.869. The van der Waals surface area contributed by atoms with Crippen molar-refractivity contribution in [3.05, 3.63) is 48.5 Å². The number of hydrogen-bond acceptors (Lipinski definition) is 5. The molecular weight excluding hydrogens is 356 g/mol. The van der Waals surface area contributed by atoms with Crippen molar-refractivity contribution in [1.29, 1.82) is 0 Å². The number of sulfonamides is 1. The highest BCUT2D eigenvalue weighted by Gasteiger charge is 2.24. The molecule has 0 aromatic heterocycles. The Balaban J connectivity index is 2.33. The number of anilines is 2. The zero-order valence-corrected chi connectivity index (χ0v) is 16.0. The minimum absolute atomic E-state index is 0.319. The Bertz CT molecular complexity index is 868. The molecule has 0 bridgehead atoms. The number of ether oxygens (including phenoxy) is 2. The van der Waals surface area contributed by atoms with Crippen molar-refractivity contribution in [2.75, 3.05) is 43.3 Å². The van der Waals surface area contributed by atoms with Crippen LogP contribution in [0.25, 0.3) is 0 Å². The molecule has 140 valence electrons. The molecule has 8 heteroatoms. The van der Waals surface area contributed by atoms with Crippen LogP contribution < -0.4 is 18.7 Å². The number of likely N-dealkylation sites (N-methyl/N-ethyl adjacent to an activating group) is 1. The molecule has 0 aliphatic carbocycles. The first-order valence-electron chi connectivity index (χ1n) is 7.79. The zero-order valence-electron chi connectivity index (χ0n) is 15.2. The first-order chi connectivity index (χ1) is 12.3. The van der Waals surface area contributed by atoms with Crippen molar-refractivity contribution in [2.45, 2.75) is 0 Å². The highest BCUT2D eigenvalue weighted by molar-refractivity contribution is 7.92. The van der Waals surface area contributed by atoms with Gasteiger partial charge in [-0.1, -0.05) is 18.2 Å². The van der Waals surface area contributed by atoms with Gasteiger partial charge in [0.05, 0.1) is 26.2 Å². The highest BCUT2D eigenvalue weighted by atomic mass is 32.2. The van der Waals surface area contributed by atoms with E-state index in [1.54, 1.807) is 31.3 Å². The lowest BCUT2D eigenvalue weighted by molar-refractivity contribution is -0.116. The van der Waals surface area contributed by atoms with Crippen LogP contribution in [0.2, 0.25) is 0 Å². The van der Waals surface area contributed by atoms with Crippen molar-refractivity contribution in [3.8, 4) is 11.5 Å². The van der Waals surface area contributed by atoms with Crippen LogP contribution in [0.5, 0.6) is 11.5 Å². The van der Waals surface area contributed by atoms with E-state index in [0.29, 0.717) is 22.9 Å². The highest BCUT2D eigenvalue weighted by Crippen LogP contribution is 2.32. The summed E-state index contributed by atoms with van der Waals surface area (Å²) in [6, 6.07) is 13.7. The Kier molecular flexibility index (Phi) is 6.10. The predicted molar refractivity (Wildman–Crippen MR) is 102 cm³/mol. The number of methoxy groups -OCH3 is 2. The number of rotatable bonds is 7. The van der Waals surface area contributed by atoms with Crippen LogP contribution in [0, 0.1) is 0 Å². The molecule has 0 atom stereocenters. The molecule has 1 amide bonds. The molecule has 0 aliphatic heterocycles. The number of carbonyl (C=O) groups excluding carboxylic acids is 1. The number of para-hydroxylation sites is 1. The maximum Gasteiger partial charge on any atom is 0.247 e. The van der Waals surface area contributed by atoms with E-state index in [0.717, 1.165) is 10.6 Å². The third-order valence-electron chi connectivity index (χ3n) is 3.85. The topological polar surface area (TPSA) is 76.2 Å². The Morgan fingerprint density at radius 1 is 0.962 bits per heavy atom. The second-order valence-corrected chi connectivity index (χ2v) is 7.50. The van der Waals surface area contributed by atoms with Crippen molar-refractivity contribution >= 4 is 27.3 Å². The molecule has 0 radical (unpaired) electrons. The van der Waals surface area contributed by atoms with Crippen LogP contribution in [0.4, 0.5) is 11.4 Å². The second-order valence-electron chi connectivity index (χ2n) is 5.60. The monoisotopic (exact) mass is 378 g/mol. The summed E-state index contributed by atoms with van der Waals surface area (Å²) in [5, 5.41) is 0. The SMILES string of the molecule is COc1ccc(N(CC(=O)N(C)c2ccccc2)S(C)(=O)=O)cc1OC. The first kappa shape index (κ1) is 19.6. The van der Waals surface area contributed by atoms with E-state index in [1.165, 1.54) is 25.2 Å². The fourth-order valence-electron chi connectivity index (χ4n) is 2.40. The Labute approximate surface area is 153 Å². The smallest absolute Gasteiger partial charge is 0.247 e. The number of carbonyl (C=O) groups is 1. The van der Waals surface area contributed by atoms with Gasteiger partial charge in [-0.25, -0.2) is 8.42 Å². The Morgan fingerprint density at radius 2 is 1.58 bits per heavy atom.